The normalized spacial score (nSPS) is 12.9. The molecule has 1 atom stereocenters. The maximum Gasteiger partial charge on any atom is 0.227 e. The Morgan fingerprint density at radius 1 is 1.36 bits per heavy atom. The van der Waals surface area contributed by atoms with Crippen LogP contribution in [0.4, 0.5) is 4.39 Å². The third-order valence-electron chi connectivity index (χ3n) is 3.81. The molecule has 1 amide bonds. The topological polar surface area (TPSA) is 56.3 Å². The molecule has 0 bridgehead atoms. The van der Waals surface area contributed by atoms with Gasteiger partial charge < -0.3 is 15.0 Å². The van der Waals surface area contributed by atoms with Crippen LogP contribution in [0.5, 0.6) is 0 Å². The summed E-state index contributed by atoms with van der Waals surface area (Å²) in [6.07, 6.45) is -0.381. The van der Waals surface area contributed by atoms with E-state index < -0.39 is 6.10 Å². The van der Waals surface area contributed by atoms with Gasteiger partial charge in [-0.3, -0.25) is 4.79 Å². The van der Waals surface area contributed by atoms with Crippen molar-refractivity contribution in [1.29, 1.82) is 0 Å². The summed E-state index contributed by atoms with van der Waals surface area (Å²) < 4.78 is 13.5. The van der Waals surface area contributed by atoms with E-state index in [4.69, 9.17) is 0 Å². The fourth-order valence-corrected chi connectivity index (χ4v) is 2.72. The van der Waals surface area contributed by atoms with E-state index in [9.17, 15) is 14.3 Å². The van der Waals surface area contributed by atoms with E-state index in [1.165, 1.54) is 12.1 Å². The largest absolute Gasteiger partial charge is 0.392 e. The number of hydrogen-bond donors (Lipinski definition) is 2. The fourth-order valence-electron chi connectivity index (χ4n) is 2.72. The number of aromatic nitrogens is 1. The highest BCUT2D eigenvalue weighted by atomic mass is 19.1. The van der Waals surface area contributed by atoms with Crippen LogP contribution in [0.25, 0.3) is 10.9 Å². The molecule has 0 saturated heterocycles. The smallest absolute Gasteiger partial charge is 0.227 e. The molecule has 2 rings (SSSR count). The van der Waals surface area contributed by atoms with Gasteiger partial charge in [-0.2, -0.15) is 0 Å². The van der Waals surface area contributed by atoms with E-state index in [1.54, 1.807) is 17.9 Å². The molecule has 1 unspecified atom stereocenters. The Hall–Kier alpha value is -1.88. The molecule has 0 fully saturated rings. The molecular formula is C17H23FN2O2. The molecule has 2 N–H and O–H groups in total. The van der Waals surface area contributed by atoms with Crippen molar-refractivity contribution in [2.45, 2.75) is 46.3 Å². The molecule has 120 valence electrons. The van der Waals surface area contributed by atoms with Gasteiger partial charge in [0.1, 0.15) is 5.82 Å². The van der Waals surface area contributed by atoms with E-state index in [0.717, 1.165) is 22.2 Å². The Bertz CT molecular complexity index is 677. The minimum atomic E-state index is -0.576. The Kier molecular flexibility index (Phi) is 4.86. The van der Waals surface area contributed by atoms with E-state index in [2.05, 4.69) is 4.98 Å². The Morgan fingerprint density at radius 2 is 2.05 bits per heavy atom. The van der Waals surface area contributed by atoms with Crippen LogP contribution in [-0.2, 0) is 11.2 Å². The number of aliphatic hydroxyl groups excluding tert-OH is 1. The van der Waals surface area contributed by atoms with Crippen molar-refractivity contribution in [3.05, 3.63) is 35.3 Å². The molecule has 1 heterocycles. The number of hydrogen-bond acceptors (Lipinski definition) is 2. The minimum absolute atomic E-state index is 0.00403. The second kappa shape index (κ2) is 6.48. The molecule has 0 aliphatic rings. The predicted octanol–water partition coefficient (Wildman–Crippen LogP) is 2.78. The number of halogens is 1. The zero-order chi connectivity index (χ0) is 16.4. The highest BCUT2D eigenvalue weighted by molar-refractivity contribution is 5.90. The molecule has 0 radical (unpaired) electrons. The zero-order valence-electron chi connectivity index (χ0n) is 13.5. The highest BCUT2D eigenvalue weighted by Gasteiger charge is 2.21. The number of fused-ring (bicyclic) bond motifs is 1. The number of rotatable bonds is 5. The molecule has 1 aromatic heterocycles. The van der Waals surface area contributed by atoms with E-state index >= 15 is 0 Å². The quantitative estimate of drug-likeness (QED) is 0.892. The third kappa shape index (κ3) is 3.47. The van der Waals surface area contributed by atoms with Crippen molar-refractivity contribution in [1.82, 2.24) is 9.88 Å². The summed E-state index contributed by atoms with van der Waals surface area (Å²) in [4.78, 5) is 17.4. The van der Waals surface area contributed by atoms with E-state index in [1.807, 2.05) is 20.8 Å². The van der Waals surface area contributed by atoms with Crippen molar-refractivity contribution >= 4 is 16.8 Å². The van der Waals surface area contributed by atoms with Crippen LogP contribution >= 0.6 is 0 Å². The summed E-state index contributed by atoms with van der Waals surface area (Å²) in [5.74, 6) is -0.381. The van der Waals surface area contributed by atoms with Crippen molar-refractivity contribution in [2.75, 3.05) is 6.54 Å². The van der Waals surface area contributed by atoms with Crippen LogP contribution in [0.1, 0.15) is 32.0 Å². The zero-order valence-corrected chi connectivity index (χ0v) is 13.5. The molecule has 0 aliphatic heterocycles. The highest BCUT2D eigenvalue weighted by Crippen LogP contribution is 2.24. The van der Waals surface area contributed by atoms with Gasteiger partial charge in [-0.15, -0.1) is 0 Å². The molecular weight excluding hydrogens is 283 g/mol. The van der Waals surface area contributed by atoms with Gasteiger partial charge in [0.2, 0.25) is 5.91 Å². The molecule has 0 spiro atoms. The average molecular weight is 306 g/mol. The Morgan fingerprint density at radius 3 is 2.64 bits per heavy atom. The van der Waals surface area contributed by atoms with Gasteiger partial charge in [0.15, 0.2) is 0 Å². The number of aryl methyl sites for hydroxylation is 1. The monoisotopic (exact) mass is 306 g/mol. The van der Waals surface area contributed by atoms with E-state index in [-0.39, 0.29) is 24.2 Å². The van der Waals surface area contributed by atoms with Crippen LogP contribution in [-0.4, -0.2) is 39.6 Å². The maximum atomic E-state index is 13.5. The lowest BCUT2D eigenvalue weighted by atomic mass is 10.1. The Balaban J connectivity index is 2.31. The summed E-state index contributed by atoms with van der Waals surface area (Å²) in [6.45, 7) is 7.68. The van der Waals surface area contributed by atoms with E-state index in [0.29, 0.717) is 6.54 Å². The second-order valence-electron chi connectivity index (χ2n) is 6.08. The number of carbonyl (C=O) groups is 1. The number of nitrogens with zero attached hydrogens (tertiary/aromatic N) is 1. The van der Waals surface area contributed by atoms with Gasteiger partial charge in [-0.1, -0.05) is 0 Å². The standard InChI is InChI=1S/C17H23FN2O2/c1-10(2)20(9-11(3)21)17(22)8-14-12(4)19-16-6-5-13(18)7-15(14)16/h5-7,10-11,19,21H,8-9H2,1-4H3. The molecule has 2 aromatic rings. The van der Waals surface area contributed by atoms with Crippen LogP contribution < -0.4 is 0 Å². The van der Waals surface area contributed by atoms with Crippen LogP contribution in [0.15, 0.2) is 18.2 Å². The molecule has 0 aliphatic carbocycles. The number of H-pyrrole nitrogens is 1. The van der Waals surface area contributed by atoms with Gasteiger partial charge in [0.05, 0.1) is 12.5 Å². The first-order valence-electron chi connectivity index (χ1n) is 7.53. The summed E-state index contributed by atoms with van der Waals surface area (Å²) in [5.41, 5.74) is 2.51. The van der Waals surface area contributed by atoms with Crippen LogP contribution in [0.2, 0.25) is 0 Å². The predicted molar refractivity (Wildman–Crippen MR) is 85.2 cm³/mol. The molecule has 0 saturated carbocycles. The fraction of sp³-hybridized carbons (Fsp3) is 0.471. The summed E-state index contributed by atoms with van der Waals surface area (Å²) in [6, 6.07) is 4.54. The third-order valence-corrected chi connectivity index (χ3v) is 3.81. The van der Waals surface area contributed by atoms with Gasteiger partial charge in [-0.25, -0.2) is 4.39 Å². The second-order valence-corrected chi connectivity index (χ2v) is 6.08. The molecule has 1 aromatic carbocycles. The van der Waals surface area contributed by atoms with Gasteiger partial charge >= 0.3 is 0 Å². The van der Waals surface area contributed by atoms with Crippen LogP contribution in [0.3, 0.4) is 0 Å². The molecule has 4 nitrogen and oxygen atoms in total. The first kappa shape index (κ1) is 16.5. The number of amides is 1. The minimum Gasteiger partial charge on any atom is -0.392 e. The maximum absolute atomic E-state index is 13.5. The van der Waals surface area contributed by atoms with Gasteiger partial charge in [-0.05, 0) is 51.5 Å². The molecule has 22 heavy (non-hydrogen) atoms. The van der Waals surface area contributed by atoms with Gasteiger partial charge in [0.25, 0.3) is 0 Å². The van der Waals surface area contributed by atoms with Crippen LogP contribution in [0, 0.1) is 12.7 Å². The number of nitrogens with one attached hydrogen (secondary N) is 1. The van der Waals surface area contributed by atoms with Gasteiger partial charge in [0, 0.05) is 29.2 Å². The Labute approximate surface area is 129 Å². The number of aromatic amines is 1. The summed E-state index contributed by atoms with van der Waals surface area (Å²) in [7, 11) is 0. The lowest BCUT2D eigenvalue weighted by Gasteiger charge is -2.28. The SMILES string of the molecule is Cc1[nH]c2ccc(F)cc2c1CC(=O)N(CC(C)O)C(C)C. The van der Waals surface area contributed by atoms with Crippen molar-refractivity contribution in [3.63, 3.8) is 0 Å². The van der Waals surface area contributed by atoms with Crippen molar-refractivity contribution < 1.29 is 14.3 Å². The first-order chi connectivity index (χ1) is 10.3. The lowest BCUT2D eigenvalue weighted by Crippen LogP contribution is -2.42. The first-order valence-corrected chi connectivity index (χ1v) is 7.53. The van der Waals surface area contributed by atoms with Crippen molar-refractivity contribution in [3.8, 4) is 0 Å². The summed E-state index contributed by atoms with van der Waals surface area (Å²) in [5, 5.41) is 10.3. The lowest BCUT2D eigenvalue weighted by molar-refractivity contribution is -0.133. The van der Waals surface area contributed by atoms with Crippen molar-refractivity contribution in [2.24, 2.45) is 0 Å². The average Bonchev–Trinajstić information content (AvgIpc) is 2.72. The number of benzene rings is 1. The number of aliphatic hydroxyl groups is 1. The summed E-state index contributed by atoms with van der Waals surface area (Å²) >= 11 is 0. The molecule has 5 heteroatoms. The number of carbonyl (C=O) groups excluding carboxylic acids is 1.